The molecule has 0 atom stereocenters. The van der Waals surface area contributed by atoms with Crippen LogP contribution in [0, 0.1) is 0 Å². The van der Waals surface area contributed by atoms with Gasteiger partial charge >= 0.3 is 5.97 Å². The second kappa shape index (κ2) is 8.96. The number of benzene rings is 1. The highest BCUT2D eigenvalue weighted by Crippen LogP contribution is 2.27. The van der Waals surface area contributed by atoms with Gasteiger partial charge in [0.05, 0.1) is 19.9 Å². The molecule has 0 aliphatic rings. The molecule has 1 N–H and O–H groups in total. The Kier molecular flexibility index (Phi) is 6.18. The molecule has 0 saturated heterocycles. The number of aryl methyl sites for hydroxylation is 1. The van der Waals surface area contributed by atoms with Crippen molar-refractivity contribution in [1.29, 1.82) is 0 Å². The van der Waals surface area contributed by atoms with E-state index in [9.17, 15) is 9.59 Å². The van der Waals surface area contributed by atoms with Crippen LogP contribution in [-0.4, -0.2) is 35.9 Å². The Morgan fingerprint density at radius 2 is 1.90 bits per heavy atom. The zero-order chi connectivity index (χ0) is 20.8. The molecule has 3 aromatic rings. The van der Waals surface area contributed by atoms with Gasteiger partial charge in [-0.05, 0) is 31.2 Å². The summed E-state index contributed by atoms with van der Waals surface area (Å²) >= 11 is 0. The minimum absolute atomic E-state index is 0.0222. The summed E-state index contributed by atoms with van der Waals surface area (Å²) in [5.41, 5.74) is 0.265. The standard InChI is InChI=1S/C20H21N3O6/c1-4-23-11-14(18(22-23)20(25)27-3)21-19(24)17-10-9-13(29-17)12-28-16-8-6-5-7-15(16)26-2/h5-11H,4,12H2,1-3H3,(H,21,24). The number of para-hydroxylation sites is 2. The maximum Gasteiger partial charge on any atom is 0.360 e. The Balaban J connectivity index is 1.68. The predicted octanol–water partition coefficient (Wildman–Crippen LogP) is 3.12. The van der Waals surface area contributed by atoms with E-state index in [-0.39, 0.29) is 23.7 Å². The van der Waals surface area contributed by atoms with E-state index >= 15 is 0 Å². The number of methoxy groups -OCH3 is 2. The minimum Gasteiger partial charge on any atom is -0.493 e. The molecule has 0 bridgehead atoms. The van der Waals surface area contributed by atoms with Crippen molar-refractivity contribution in [1.82, 2.24) is 9.78 Å². The molecule has 3 rings (SSSR count). The number of nitrogens with one attached hydrogen (secondary N) is 1. The van der Waals surface area contributed by atoms with Crippen molar-refractivity contribution in [2.75, 3.05) is 19.5 Å². The third kappa shape index (κ3) is 4.57. The van der Waals surface area contributed by atoms with Crippen LogP contribution in [0.2, 0.25) is 0 Å². The monoisotopic (exact) mass is 399 g/mol. The third-order valence-electron chi connectivity index (χ3n) is 4.04. The quantitative estimate of drug-likeness (QED) is 0.580. The number of ether oxygens (including phenoxy) is 3. The van der Waals surface area contributed by atoms with Crippen LogP contribution in [0.15, 0.2) is 47.0 Å². The number of carbonyl (C=O) groups is 2. The summed E-state index contributed by atoms with van der Waals surface area (Å²) in [6, 6.07) is 10.4. The largest absolute Gasteiger partial charge is 0.493 e. The molecule has 0 saturated carbocycles. The highest BCUT2D eigenvalue weighted by molar-refractivity contribution is 6.05. The molecule has 2 aromatic heterocycles. The number of amides is 1. The summed E-state index contributed by atoms with van der Waals surface area (Å²) in [4.78, 5) is 24.4. The molecule has 0 aliphatic heterocycles. The molecule has 9 nitrogen and oxygen atoms in total. The Labute approximate surface area is 167 Å². The zero-order valence-electron chi connectivity index (χ0n) is 16.3. The Bertz CT molecular complexity index is 1010. The maximum absolute atomic E-state index is 12.5. The van der Waals surface area contributed by atoms with Gasteiger partial charge in [0.25, 0.3) is 5.91 Å². The summed E-state index contributed by atoms with van der Waals surface area (Å²) in [6.45, 7) is 2.51. The Morgan fingerprint density at radius 3 is 2.59 bits per heavy atom. The van der Waals surface area contributed by atoms with E-state index < -0.39 is 11.9 Å². The number of rotatable bonds is 8. The lowest BCUT2D eigenvalue weighted by molar-refractivity contribution is 0.0594. The summed E-state index contributed by atoms with van der Waals surface area (Å²) in [6.07, 6.45) is 1.55. The van der Waals surface area contributed by atoms with Crippen molar-refractivity contribution in [3.63, 3.8) is 0 Å². The normalized spacial score (nSPS) is 10.4. The Morgan fingerprint density at radius 1 is 1.14 bits per heavy atom. The maximum atomic E-state index is 12.5. The molecule has 0 aliphatic carbocycles. The lowest BCUT2D eigenvalue weighted by Gasteiger charge is -2.08. The molecule has 2 heterocycles. The number of carbonyl (C=O) groups excluding carboxylic acids is 2. The zero-order valence-corrected chi connectivity index (χ0v) is 16.3. The van der Waals surface area contributed by atoms with Crippen LogP contribution in [-0.2, 0) is 17.9 Å². The van der Waals surface area contributed by atoms with Gasteiger partial charge in [-0.1, -0.05) is 12.1 Å². The van der Waals surface area contributed by atoms with E-state index in [2.05, 4.69) is 10.4 Å². The van der Waals surface area contributed by atoms with Gasteiger partial charge in [-0.15, -0.1) is 0 Å². The first kappa shape index (κ1) is 20.0. The Hall–Kier alpha value is -3.75. The van der Waals surface area contributed by atoms with E-state index in [1.807, 2.05) is 19.1 Å². The smallest absolute Gasteiger partial charge is 0.360 e. The van der Waals surface area contributed by atoms with Crippen molar-refractivity contribution in [2.24, 2.45) is 0 Å². The number of esters is 1. The topological polar surface area (TPSA) is 105 Å². The third-order valence-corrected chi connectivity index (χ3v) is 4.04. The van der Waals surface area contributed by atoms with Gasteiger partial charge in [0, 0.05) is 12.7 Å². The first-order valence-corrected chi connectivity index (χ1v) is 8.87. The van der Waals surface area contributed by atoms with Gasteiger partial charge in [0.1, 0.15) is 12.4 Å². The lowest BCUT2D eigenvalue weighted by atomic mass is 10.3. The van der Waals surface area contributed by atoms with Gasteiger partial charge in [-0.3, -0.25) is 9.48 Å². The summed E-state index contributed by atoms with van der Waals surface area (Å²) in [5.74, 6) is 0.529. The van der Waals surface area contributed by atoms with Gasteiger partial charge < -0.3 is 23.9 Å². The molecule has 152 valence electrons. The SMILES string of the molecule is CCn1cc(NC(=O)c2ccc(COc3ccccc3OC)o2)c(C(=O)OC)n1. The molecule has 1 amide bonds. The highest BCUT2D eigenvalue weighted by atomic mass is 16.5. The molecule has 0 radical (unpaired) electrons. The lowest BCUT2D eigenvalue weighted by Crippen LogP contribution is -2.14. The van der Waals surface area contributed by atoms with E-state index in [0.29, 0.717) is 23.8 Å². The number of nitrogens with zero attached hydrogens (tertiary/aromatic N) is 2. The first-order valence-electron chi connectivity index (χ1n) is 8.87. The second-order valence-corrected chi connectivity index (χ2v) is 5.90. The molecule has 9 heteroatoms. The van der Waals surface area contributed by atoms with Crippen molar-refractivity contribution in [2.45, 2.75) is 20.1 Å². The number of furan rings is 1. The summed E-state index contributed by atoms with van der Waals surface area (Å²) in [5, 5.41) is 6.72. The van der Waals surface area contributed by atoms with Crippen LogP contribution in [0.3, 0.4) is 0 Å². The number of hydrogen-bond acceptors (Lipinski definition) is 7. The van der Waals surface area contributed by atoms with E-state index in [0.717, 1.165) is 0 Å². The van der Waals surface area contributed by atoms with Crippen LogP contribution >= 0.6 is 0 Å². The number of hydrogen-bond donors (Lipinski definition) is 1. The molecule has 0 unspecified atom stereocenters. The molecule has 0 fully saturated rings. The fourth-order valence-electron chi connectivity index (χ4n) is 2.57. The van der Waals surface area contributed by atoms with Crippen molar-refractivity contribution in [3.05, 3.63) is 59.8 Å². The van der Waals surface area contributed by atoms with Crippen LogP contribution in [0.25, 0.3) is 0 Å². The van der Waals surface area contributed by atoms with Crippen LogP contribution < -0.4 is 14.8 Å². The van der Waals surface area contributed by atoms with Crippen LogP contribution in [0.1, 0.15) is 33.7 Å². The van der Waals surface area contributed by atoms with Crippen molar-refractivity contribution in [3.8, 4) is 11.5 Å². The summed E-state index contributed by atoms with van der Waals surface area (Å²) in [7, 11) is 2.81. The van der Waals surface area contributed by atoms with Crippen LogP contribution in [0.5, 0.6) is 11.5 Å². The first-order chi connectivity index (χ1) is 14.0. The van der Waals surface area contributed by atoms with Gasteiger partial charge in [0.2, 0.25) is 0 Å². The van der Waals surface area contributed by atoms with Gasteiger partial charge in [-0.2, -0.15) is 5.10 Å². The van der Waals surface area contributed by atoms with Crippen molar-refractivity contribution >= 4 is 17.6 Å². The average Bonchev–Trinajstić information content (AvgIpc) is 3.39. The highest BCUT2D eigenvalue weighted by Gasteiger charge is 2.21. The van der Waals surface area contributed by atoms with E-state index in [1.54, 1.807) is 31.5 Å². The molecular weight excluding hydrogens is 378 g/mol. The van der Waals surface area contributed by atoms with Gasteiger partial charge in [-0.25, -0.2) is 4.79 Å². The molecule has 0 spiro atoms. The molecular formula is C20H21N3O6. The summed E-state index contributed by atoms with van der Waals surface area (Å²) < 4.78 is 22.7. The average molecular weight is 399 g/mol. The number of aromatic nitrogens is 2. The van der Waals surface area contributed by atoms with Crippen molar-refractivity contribution < 1.29 is 28.2 Å². The number of anilines is 1. The second-order valence-electron chi connectivity index (χ2n) is 5.90. The van der Waals surface area contributed by atoms with Crippen LogP contribution in [0.4, 0.5) is 5.69 Å². The molecule has 29 heavy (non-hydrogen) atoms. The minimum atomic E-state index is -0.641. The molecule has 1 aromatic carbocycles. The predicted molar refractivity (Wildman–Crippen MR) is 103 cm³/mol. The van der Waals surface area contributed by atoms with E-state index in [4.69, 9.17) is 18.6 Å². The fraction of sp³-hybridized carbons (Fsp3) is 0.250. The van der Waals surface area contributed by atoms with E-state index in [1.165, 1.54) is 17.9 Å². The van der Waals surface area contributed by atoms with Gasteiger partial charge in [0.15, 0.2) is 23.0 Å². The fourth-order valence-corrected chi connectivity index (χ4v) is 2.57.